The Morgan fingerprint density at radius 2 is 1.54 bits per heavy atom. The molecular weight excluding hydrogens is 350 g/mol. The molecule has 0 saturated carbocycles. The zero-order valence-electron chi connectivity index (χ0n) is 16.5. The van der Waals surface area contributed by atoms with Crippen molar-refractivity contribution in [2.45, 2.75) is 25.8 Å². The van der Waals surface area contributed by atoms with E-state index in [0.29, 0.717) is 19.6 Å². The third-order valence-electron chi connectivity index (χ3n) is 5.16. The summed E-state index contributed by atoms with van der Waals surface area (Å²) in [5, 5.41) is 3.10. The molecule has 148 valence electrons. The zero-order valence-corrected chi connectivity index (χ0v) is 16.5. The van der Waals surface area contributed by atoms with Crippen molar-refractivity contribution >= 4 is 11.8 Å². The van der Waals surface area contributed by atoms with E-state index in [1.807, 2.05) is 53.4 Å². The molecule has 5 heteroatoms. The first-order valence-corrected chi connectivity index (χ1v) is 10.0. The highest BCUT2D eigenvalue weighted by Crippen LogP contribution is 2.09. The molecule has 1 atom stereocenters. The van der Waals surface area contributed by atoms with Gasteiger partial charge in [0.05, 0.1) is 6.54 Å². The maximum Gasteiger partial charge on any atom is 0.253 e. The second kappa shape index (κ2) is 10.0. The van der Waals surface area contributed by atoms with E-state index >= 15 is 0 Å². The Morgan fingerprint density at radius 1 is 0.929 bits per heavy atom. The second-order valence-electron chi connectivity index (χ2n) is 7.43. The summed E-state index contributed by atoms with van der Waals surface area (Å²) < 4.78 is 0. The molecule has 1 aliphatic rings. The van der Waals surface area contributed by atoms with E-state index in [9.17, 15) is 9.59 Å². The van der Waals surface area contributed by atoms with Gasteiger partial charge < -0.3 is 10.2 Å². The summed E-state index contributed by atoms with van der Waals surface area (Å²) >= 11 is 0. The van der Waals surface area contributed by atoms with E-state index in [4.69, 9.17) is 0 Å². The van der Waals surface area contributed by atoms with Crippen molar-refractivity contribution < 1.29 is 9.59 Å². The van der Waals surface area contributed by atoms with Gasteiger partial charge in [0, 0.05) is 37.8 Å². The van der Waals surface area contributed by atoms with Gasteiger partial charge in [-0.2, -0.15) is 0 Å². The lowest BCUT2D eigenvalue weighted by molar-refractivity contribution is -0.123. The van der Waals surface area contributed by atoms with Crippen LogP contribution in [0.5, 0.6) is 0 Å². The zero-order chi connectivity index (χ0) is 19.8. The van der Waals surface area contributed by atoms with Crippen LogP contribution in [-0.2, 0) is 11.2 Å². The predicted octanol–water partition coefficient (Wildman–Crippen LogP) is 2.58. The Bertz CT molecular complexity index is 756. The Labute approximate surface area is 167 Å². The highest BCUT2D eigenvalue weighted by molar-refractivity contribution is 5.94. The molecule has 3 rings (SSSR count). The largest absolute Gasteiger partial charge is 0.353 e. The second-order valence-corrected chi connectivity index (χ2v) is 7.43. The third kappa shape index (κ3) is 5.92. The van der Waals surface area contributed by atoms with Crippen molar-refractivity contribution in [1.29, 1.82) is 0 Å². The van der Waals surface area contributed by atoms with Gasteiger partial charge in [0.15, 0.2) is 0 Å². The summed E-state index contributed by atoms with van der Waals surface area (Å²) in [5.74, 6) is 0.127. The lowest BCUT2D eigenvalue weighted by atomic mass is 10.1. The lowest BCUT2D eigenvalue weighted by Crippen LogP contribution is -2.51. The fraction of sp³-hybridized carbons (Fsp3) is 0.391. The Balaban J connectivity index is 1.37. The molecule has 1 aliphatic heterocycles. The van der Waals surface area contributed by atoms with Crippen LogP contribution in [0.1, 0.15) is 29.3 Å². The number of hydrogen-bond acceptors (Lipinski definition) is 3. The van der Waals surface area contributed by atoms with Gasteiger partial charge in [-0.1, -0.05) is 48.5 Å². The molecule has 28 heavy (non-hydrogen) atoms. The topological polar surface area (TPSA) is 52.7 Å². The van der Waals surface area contributed by atoms with Crippen LogP contribution in [-0.4, -0.2) is 60.4 Å². The fourth-order valence-corrected chi connectivity index (χ4v) is 3.50. The first kappa shape index (κ1) is 20.1. The molecule has 0 spiro atoms. The van der Waals surface area contributed by atoms with Crippen molar-refractivity contribution in [3.8, 4) is 0 Å². The number of nitrogens with one attached hydrogen (secondary N) is 1. The molecule has 5 nitrogen and oxygen atoms in total. The van der Waals surface area contributed by atoms with Crippen molar-refractivity contribution in [3.63, 3.8) is 0 Å². The number of amides is 2. The van der Waals surface area contributed by atoms with Crippen molar-refractivity contribution in [3.05, 3.63) is 71.8 Å². The molecule has 1 saturated heterocycles. The molecule has 0 bridgehead atoms. The molecule has 0 aromatic heterocycles. The molecule has 0 aliphatic carbocycles. The number of nitrogens with zero attached hydrogens (tertiary/aromatic N) is 2. The molecule has 2 amide bonds. The average molecular weight is 380 g/mol. The summed E-state index contributed by atoms with van der Waals surface area (Å²) in [6.45, 7) is 5.21. The summed E-state index contributed by atoms with van der Waals surface area (Å²) in [6.07, 6.45) is 1.89. The number of carbonyl (C=O) groups excluding carboxylic acids is 2. The minimum absolute atomic E-state index is 0.0587. The van der Waals surface area contributed by atoms with Gasteiger partial charge in [0.2, 0.25) is 5.91 Å². The highest BCUT2D eigenvalue weighted by atomic mass is 16.2. The number of carbonyl (C=O) groups is 2. The minimum Gasteiger partial charge on any atom is -0.353 e. The third-order valence-corrected chi connectivity index (χ3v) is 5.16. The molecule has 1 N–H and O–H groups in total. The fourth-order valence-electron chi connectivity index (χ4n) is 3.50. The standard InChI is InChI=1S/C23H29N3O2/c1-19(12-13-20-8-4-2-5-9-20)24-22(27)18-25-14-16-26(17-15-25)23(28)21-10-6-3-7-11-21/h2-11,19H,12-18H2,1H3,(H,24,27). The van der Waals surface area contributed by atoms with Crippen LogP contribution in [0.25, 0.3) is 0 Å². The van der Waals surface area contributed by atoms with Gasteiger partial charge in [0.1, 0.15) is 0 Å². The maximum absolute atomic E-state index is 12.5. The van der Waals surface area contributed by atoms with Crippen molar-refractivity contribution in [1.82, 2.24) is 15.1 Å². The van der Waals surface area contributed by atoms with Crippen LogP contribution < -0.4 is 5.32 Å². The van der Waals surface area contributed by atoms with Gasteiger partial charge in [-0.25, -0.2) is 0 Å². The van der Waals surface area contributed by atoms with Crippen LogP contribution in [0.3, 0.4) is 0 Å². The summed E-state index contributed by atoms with van der Waals surface area (Å²) in [6, 6.07) is 19.8. The molecule has 0 radical (unpaired) electrons. The number of hydrogen-bond donors (Lipinski definition) is 1. The Morgan fingerprint density at radius 3 is 2.18 bits per heavy atom. The van der Waals surface area contributed by atoms with E-state index in [2.05, 4.69) is 29.3 Å². The van der Waals surface area contributed by atoms with E-state index in [1.54, 1.807) is 0 Å². The molecule has 1 unspecified atom stereocenters. The van der Waals surface area contributed by atoms with Crippen LogP contribution in [0, 0.1) is 0 Å². The van der Waals surface area contributed by atoms with Gasteiger partial charge >= 0.3 is 0 Å². The van der Waals surface area contributed by atoms with E-state index < -0.39 is 0 Å². The summed E-state index contributed by atoms with van der Waals surface area (Å²) in [7, 11) is 0. The van der Waals surface area contributed by atoms with E-state index in [1.165, 1.54) is 5.56 Å². The van der Waals surface area contributed by atoms with Crippen LogP contribution >= 0.6 is 0 Å². The molecule has 2 aromatic carbocycles. The van der Waals surface area contributed by atoms with Crippen LogP contribution in [0.2, 0.25) is 0 Å². The van der Waals surface area contributed by atoms with Crippen LogP contribution in [0.4, 0.5) is 0 Å². The number of piperazine rings is 1. The number of rotatable bonds is 7. The first-order valence-electron chi connectivity index (χ1n) is 10.0. The maximum atomic E-state index is 12.5. The molecule has 1 fully saturated rings. The number of aryl methyl sites for hydroxylation is 1. The molecule has 2 aromatic rings. The SMILES string of the molecule is CC(CCc1ccccc1)NC(=O)CN1CCN(C(=O)c2ccccc2)CC1. The quantitative estimate of drug-likeness (QED) is 0.805. The van der Waals surface area contributed by atoms with Gasteiger partial charge in [-0.05, 0) is 37.5 Å². The summed E-state index contributed by atoms with van der Waals surface area (Å²) in [4.78, 5) is 28.8. The average Bonchev–Trinajstić information content (AvgIpc) is 2.73. The predicted molar refractivity (Wildman–Crippen MR) is 111 cm³/mol. The highest BCUT2D eigenvalue weighted by Gasteiger charge is 2.23. The normalized spacial score (nSPS) is 15.8. The van der Waals surface area contributed by atoms with Gasteiger partial charge in [-0.15, -0.1) is 0 Å². The van der Waals surface area contributed by atoms with Crippen LogP contribution in [0.15, 0.2) is 60.7 Å². The molecule has 1 heterocycles. The summed E-state index contributed by atoms with van der Waals surface area (Å²) in [5.41, 5.74) is 2.02. The van der Waals surface area contributed by atoms with E-state index in [-0.39, 0.29) is 17.9 Å². The van der Waals surface area contributed by atoms with Gasteiger partial charge in [-0.3, -0.25) is 14.5 Å². The smallest absolute Gasteiger partial charge is 0.253 e. The van der Waals surface area contributed by atoms with Crippen molar-refractivity contribution in [2.24, 2.45) is 0 Å². The Hall–Kier alpha value is -2.66. The minimum atomic E-state index is 0.0587. The van der Waals surface area contributed by atoms with Gasteiger partial charge in [0.25, 0.3) is 5.91 Å². The van der Waals surface area contributed by atoms with Crippen molar-refractivity contribution in [2.75, 3.05) is 32.7 Å². The first-order chi connectivity index (χ1) is 13.6. The molecular formula is C23H29N3O2. The lowest BCUT2D eigenvalue weighted by Gasteiger charge is -2.34. The Kier molecular flexibility index (Phi) is 7.20. The monoisotopic (exact) mass is 379 g/mol. The van der Waals surface area contributed by atoms with E-state index in [0.717, 1.165) is 31.5 Å². The number of benzene rings is 2.